The molecule has 3 heteroatoms. The predicted molar refractivity (Wildman–Crippen MR) is 51.8 cm³/mol. The SMILES string of the molecule is CC(N)C(C)SC(C)C(C)O. The van der Waals surface area contributed by atoms with Crippen LogP contribution in [0, 0.1) is 0 Å². The van der Waals surface area contributed by atoms with Crippen LogP contribution in [0.25, 0.3) is 0 Å². The van der Waals surface area contributed by atoms with Crippen molar-refractivity contribution in [3.63, 3.8) is 0 Å². The average molecular weight is 177 g/mol. The minimum absolute atomic E-state index is 0.196. The Morgan fingerprint density at radius 3 is 1.82 bits per heavy atom. The van der Waals surface area contributed by atoms with E-state index in [0.29, 0.717) is 5.25 Å². The molecule has 0 saturated carbocycles. The lowest BCUT2D eigenvalue weighted by atomic mass is 10.3. The van der Waals surface area contributed by atoms with Crippen LogP contribution in [0.5, 0.6) is 0 Å². The molecule has 0 radical (unpaired) electrons. The van der Waals surface area contributed by atoms with Crippen LogP contribution in [0.15, 0.2) is 0 Å². The molecular weight excluding hydrogens is 158 g/mol. The first-order valence-electron chi connectivity index (χ1n) is 4.04. The first kappa shape index (κ1) is 11.3. The fourth-order valence-corrected chi connectivity index (χ4v) is 1.73. The maximum Gasteiger partial charge on any atom is 0.0628 e. The third-order valence-corrected chi connectivity index (χ3v) is 3.53. The number of aliphatic hydroxyl groups is 1. The summed E-state index contributed by atoms with van der Waals surface area (Å²) in [5.41, 5.74) is 5.68. The second-order valence-corrected chi connectivity index (χ2v) is 4.91. The van der Waals surface area contributed by atoms with Gasteiger partial charge in [0, 0.05) is 16.5 Å². The van der Waals surface area contributed by atoms with Gasteiger partial charge in [-0.15, -0.1) is 0 Å². The Labute approximate surface area is 73.6 Å². The van der Waals surface area contributed by atoms with Crippen molar-refractivity contribution in [1.82, 2.24) is 0 Å². The monoisotopic (exact) mass is 177 g/mol. The highest BCUT2D eigenvalue weighted by Gasteiger charge is 2.15. The van der Waals surface area contributed by atoms with Crippen molar-refractivity contribution in [3.05, 3.63) is 0 Å². The number of thioether (sulfide) groups is 1. The highest BCUT2D eigenvalue weighted by atomic mass is 32.2. The molecule has 0 amide bonds. The zero-order valence-electron chi connectivity index (χ0n) is 7.74. The van der Waals surface area contributed by atoms with Gasteiger partial charge in [-0.05, 0) is 13.8 Å². The fourth-order valence-electron chi connectivity index (χ4n) is 0.576. The summed E-state index contributed by atoms with van der Waals surface area (Å²) in [6.45, 7) is 7.92. The Kier molecular flexibility index (Phi) is 5.13. The second kappa shape index (κ2) is 5.01. The van der Waals surface area contributed by atoms with Gasteiger partial charge in [-0.1, -0.05) is 13.8 Å². The molecule has 0 spiro atoms. The molecular formula is C8H19NOS. The van der Waals surface area contributed by atoms with Crippen molar-refractivity contribution in [2.45, 2.75) is 50.3 Å². The molecule has 0 aliphatic carbocycles. The molecule has 0 rings (SSSR count). The van der Waals surface area contributed by atoms with Gasteiger partial charge in [0.1, 0.15) is 0 Å². The number of aliphatic hydroxyl groups excluding tert-OH is 1. The van der Waals surface area contributed by atoms with E-state index in [1.165, 1.54) is 0 Å². The Hall–Kier alpha value is 0.270. The lowest BCUT2D eigenvalue weighted by molar-refractivity contribution is 0.196. The van der Waals surface area contributed by atoms with Crippen molar-refractivity contribution >= 4 is 11.8 Å². The largest absolute Gasteiger partial charge is 0.392 e. The Morgan fingerprint density at radius 1 is 1.09 bits per heavy atom. The van der Waals surface area contributed by atoms with Gasteiger partial charge in [0.2, 0.25) is 0 Å². The summed E-state index contributed by atoms with van der Waals surface area (Å²) in [4.78, 5) is 0. The Bertz CT molecular complexity index is 94.3. The number of rotatable bonds is 4. The smallest absolute Gasteiger partial charge is 0.0628 e. The van der Waals surface area contributed by atoms with Crippen LogP contribution in [-0.2, 0) is 0 Å². The summed E-state index contributed by atoms with van der Waals surface area (Å²) >= 11 is 1.74. The van der Waals surface area contributed by atoms with E-state index in [1.54, 1.807) is 11.8 Å². The van der Waals surface area contributed by atoms with E-state index in [2.05, 4.69) is 6.92 Å². The van der Waals surface area contributed by atoms with Crippen LogP contribution >= 0.6 is 11.8 Å². The molecule has 11 heavy (non-hydrogen) atoms. The normalized spacial score (nSPS) is 22.4. The molecule has 4 unspecified atom stereocenters. The van der Waals surface area contributed by atoms with Gasteiger partial charge in [-0.3, -0.25) is 0 Å². The summed E-state index contributed by atoms with van der Waals surface area (Å²) in [6, 6.07) is 0.196. The minimum atomic E-state index is -0.249. The van der Waals surface area contributed by atoms with Crippen molar-refractivity contribution in [2.75, 3.05) is 0 Å². The van der Waals surface area contributed by atoms with Crippen LogP contribution in [0.3, 0.4) is 0 Å². The minimum Gasteiger partial charge on any atom is -0.392 e. The third-order valence-electron chi connectivity index (χ3n) is 1.85. The lowest BCUT2D eigenvalue weighted by Gasteiger charge is -2.21. The van der Waals surface area contributed by atoms with Crippen molar-refractivity contribution in [3.8, 4) is 0 Å². The molecule has 2 nitrogen and oxygen atoms in total. The first-order valence-corrected chi connectivity index (χ1v) is 4.98. The van der Waals surface area contributed by atoms with Gasteiger partial charge in [-0.2, -0.15) is 11.8 Å². The first-order chi connectivity index (χ1) is 4.95. The van der Waals surface area contributed by atoms with E-state index in [4.69, 9.17) is 5.73 Å². The lowest BCUT2D eigenvalue weighted by Crippen LogP contribution is -2.30. The van der Waals surface area contributed by atoms with E-state index in [0.717, 1.165) is 0 Å². The standard InChI is InChI=1S/C8H19NOS/c1-5(9)7(3)11-8(4)6(2)10/h5-8,10H,9H2,1-4H3. The predicted octanol–water partition coefficient (Wildman–Crippen LogP) is 1.22. The van der Waals surface area contributed by atoms with Gasteiger partial charge in [0.15, 0.2) is 0 Å². The van der Waals surface area contributed by atoms with Gasteiger partial charge in [0.25, 0.3) is 0 Å². The second-order valence-electron chi connectivity index (χ2n) is 3.15. The van der Waals surface area contributed by atoms with Gasteiger partial charge in [0.05, 0.1) is 6.10 Å². The molecule has 0 aromatic rings. The maximum atomic E-state index is 9.19. The van der Waals surface area contributed by atoms with Crippen LogP contribution in [0.1, 0.15) is 27.7 Å². The fraction of sp³-hybridized carbons (Fsp3) is 1.00. The molecule has 0 aliphatic heterocycles. The highest BCUT2D eigenvalue weighted by Crippen LogP contribution is 2.21. The van der Waals surface area contributed by atoms with E-state index >= 15 is 0 Å². The molecule has 3 N–H and O–H groups in total. The molecule has 68 valence electrons. The molecule has 0 heterocycles. The topological polar surface area (TPSA) is 46.2 Å². The molecule has 0 bridgehead atoms. The summed E-state index contributed by atoms with van der Waals surface area (Å²) in [5, 5.41) is 9.88. The molecule has 4 atom stereocenters. The van der Waals surface area contributed by atoms with Crippen molar-refractivity contribution in [2.24, 2.45) is 5.73 Å². The van der Waals surface area contributed by atoms with E-state index < -0.39 is 0 Å². The molecule has 0 saturated heterocycles. The number of nitrogens with two attached hydrogens (primary N) is 1. The van der Waals surface area contributed by atoms with Crippen LogP contribution in [0.2, 0.25) is 0 Å². The van der Waals surface area contributed by atoms with E-state index in [1.807, 2.05) is 20.8 Å². The van der Waals surface area contributed by atoms with Crippen molar-refractivity contribution in [1.29, 1.82) is 0 Å². The van der Waals surface area contributed by atoms with Crippen molar-refractivity contribution < 1.29 is 5.11 Å². The summed E-state index contributed by atoms with van der Waals surface area (Å²) in [5.74, 6) is 0. The van der Waals surface area contributed by atoms with Gasteiger partial charge >= 0.3 is 0 Å². The molecule has 0 aromatic heterocycles. The maximum absolute atomic E-state index is 9.19. The summed E-state index contributed by atoms with van der Waals surface area (Å²) in [6.07, 6.45) is -0.249. The van der Waals surface area contributed by atoms with Gasteiger partial charge < -0.3 is 10.8 Å². The molecule has 0 aliphatic rings. The third kappa shape index (κ3) is 4.67. The van der Waals surface area contributed by atoms with E-state index in [-0.39, 0.29) is 17.4 Å². The zero-order valence-corrected chi connectivity index (χ0v) is 8.56. The number of hydrogen-bond acceptors (Lipinski definition) is 3. The average Bonchev–Trinajstić information content (AvgIpc) is 1.87. The van der Waals surface area contributed by atoms with Crippen LogP contribution in [-0.4, -0.2) is 27.8 Å². The number of hydrogen-bond donors (Lipinski definition) is 2. The Balaban J connectivity index is 3.66. The quantitative estimate of drug-likeness (QED) is 0.679. The molecule has 0 aromatic carbocycles. The van der Waals surface area contributed by atoms with Gasteiger partial charge in [-0.25, -0.2) is 0 Å². The van der Waals surface area contributed by atoms with Crippen LogP contribution in [0.4, 0.5) is 0 Å². The summed E-state index contributed by atoms with van der Waals surface area (Å²) in [7, 11) is 0. The van der Waals surface area contributed by atoms with E-state index in [9.17, 15) is 5.11 Å². The van der Waals surface area contributed by atoms with Crippen LogP contribution < -0.4 is 5.73 Å². The summed E-state index contributed by atoms with van der Waals surface area (Å²) < 4.78 is 0. The molecule has 0 fully saturated rings. The zero-order chi connectivity index (χ0) is 9.02. The Morgan fingerprint density at radius 2 is 1.55 bits per heavy atom. The highest BCUT2D eigenvalue weighted by molar-refractivity contribution is 8.00.